The summed E-state index contributed by atoms with van der Waals surface area (Å²) in [6.45, 7) is 2.86. The zero-order chi connectivity index (χ0) is 19.2. The van der Waals surface area contributed by atoms with E-state index < -0.39 is 4.92 Å². The molecule has 0 saturated carbocycles. The smallest absolute Gasteiger partial charge is 0.273 e. The number of carbonyl (C=O) groups is 1. The summed E-state index contributed by atoms with van der Waals surface area (Å²) in [5, 5.41) is 10.8. The van der Waals surface area contributed by atoms with E-state index in [1.807, 2.05) is 31.2 Å². The minimum absolute atomic E-state index is 0.0845. The molecule has 0 spiro atoms. The molecule has 3 rings (SSSR count). The van der Waals surface area contributed by atoms with Crippen LogP contribution in [0.1, 0.15) is 6.92 Å². The Bertz CT molecular complexity index is 825. The maximum atomic E-state index is 12.5. The first kappa shape index (κ1) is 18.5. The molecule has 8 nitrogen and oxygen atoms in total. The van der Waals surface area contributed by atoms with Crippen LogP contribution < -0.4 is 14.2 Å². The standard InChI is InChI=1S/C19H20N2O6/c1-2-20(11-16-12-26-17-8-3-4-9-18(17)27-16)19(22)13-25-15-7-5-6-14(10-15)21(23)24/h3-10,16H,2,11-13H2,1H3/t16-/m1/s1. The number of hydrogen-bond donors (Lipinski definition) is 0. The van der Waals surface area contributed by atoms with Gasteiger partial charge in [0.2, 0.25) is 0 Å². The van der Waals surface area contributed by atoms with Crippen LogP contribution in [0.15, 0.2) is 48.5 Å². The van der Waals surface area contributed by atoms with Crippen LogP contribution in [0, 0.1) is 10.1 Å². The number of fused-ring (bicyclic) bond motifs is 1. The fourth-order valence-corrected chi connectivity index (χ4v) is 2.73. The van der Waals surface area contributed by atoms with E-state index in [1.54, 1.807) is 11.0 Å². The molecule has 1 aliphatic heterocycles. The monoisotopic (exact) mass is 372 g/mol. The van der Waals surface area contributed by atoms with Gasteiger partial charge in [-0.05, 0) is 25.1 Å². The predicted octanol–water partition coefficient (Wildman–Crippen LogP) is 2.66. The van der Waals surface area contributed by atoms with Gasteiger partial charge in [-0.1, -0.05) is 18.2 Å². The molecule has 142 valence electrons. The van der Waals surface area contributed by atoms with Crippen LogP contribution in [0.3, 0.4) is 0 Å². The van der Waals surface area contributed by atoms with E-state index in [4.69, 9.17) is 14.2 Å². The predicted molar refractivity (Wildman–Crippen MR) is 97.2 cm³/mol. The minimum atomic E-state index is -0.509. The van der Waals surface area contributed by atoms with Gasteiger partial charge < -0.3 is 19.1 Å². The van der Waals surface area contributed by atoms with Crippen molar-refractivity contribution in [2.24, 2.45) is 0 Å². The molecule has 27 heavy (non-hydrogen) atoms. The molecular weight excluding hydrogens is 352 g/mol. The van der Waals surface area contributed by atoms with Crippen molar-refractivity contribution in [1.29, 1.82) is 0 Å². The van der Waals surface area contributed by atoms with Gasteiger partial charge in [0, 0.05) is 12.6 Å². The molecule has 8 heteroatoms. The Labute approximate surface area is 156 Å². The first-order valence-corrected chi connectivity index (χ1v) is 8.60. The molecule has 1 amide bonds. The van der Waals surface area contributed by atoms with Crippen LogP contribution in [-0.2, 0) is 4.79 Å². The number of ether oxygens (including phenoxy) is 3. The van der Waals surface area contributed by atoms with Crippen LogP contribution in [0.4, 0.5) is 5.69 Å². The highest BCUT2D eigenvalue weighted by Gasteiger charge is 2.25. The third kappa shape index (κ3) is 4.66. The molecule has 1 aliphatic rings. The Hall–Kier alpha value is -3.29. The average molecular weight is 372 g/mol. The molecule has 2 aromatic carbocycles. The summed E-state index contributed by atoms with van der Waals surface area (Å²) in [6.07, 6.45) is -0.276. The first-order chi connectivity index (χ1) is 13.1. The highest BCUT2D eigenvalue weighted by Crippen LogP contribution is 2.31. The van der Waals surface area contributed by atoms with Gasteiger partial charge in [0.1, 0.15) is 12.4 Å². The molecule has 0 radical (unpaired) electrons. The van der Waals surface area contributed by atoms with Gasteiger partial charge in [-0.2, -0.15) is 0 Å². The molecular formula is C19H20N2O6. The highest BCUT2D eigenvalue weighted by molar-refractivity contribution is 5.77. The van der Waals surface area contributed by atoms with Gasteiger partial charge in [-0.15, -0.1) is 0 Å². The molecule has 1 atom stereocenters. The van der Waals surface area contributed by atoms with Crippen LogP contribution in [0.2, 0.25) is 0 Å². The van der Waals surface area contributed by atoms with E-state index >= 15 is 0 Å². The van der Waals surface area contributed by atoms with Gasteiger partial charge in [0.15, 0.2) is 24.2 Å². The molecule has 1 heterocycles. The second-order valence-corrected chi connectivity index (χ2v) is 5.97. The molecule has 0 saturated heterocycles. The Kier molecular flexibility index (Phi) is 5.75. The third-order valence-electron chi connectivity index (χ3n) is 4.12. The maximum Gasteiger partial charge on any atom is 0.273 e. The molecule has 0 bridgehead atoms. The molecule has 2 aromatic rings. The lowest BCUT2D eigenvalue weighted by Gasteiger charge is -2.30. The number of nitro benzene ring substituents is 1. The topological polar surface area (TPSA) is 91.1 Å². The van der Waals surface area contributed by atoms with Crippen LogP contribution in [0.25, 0.3) is 0 Å². The lowest BCUT2D eigenvalue weighted by Crippen LogP contribution is -2.45. The lowest BCUT2D eigenvalue weighted by molar-refractivity contribution is -0.384. The highest BCUT2D eigenvalue weighted by atomic mass is 16.6. The summed E-state index contributed by atoms with van der Waals surface area (Å²) in [7, 11) is 0. The van der Waals surface area contributed by atoms with Crippen molar-refractivity contribution in [3.8, 4) is 17.2 Å². The number of para-hydroxylation sites is 2. The summed E-state index contributed by atoms with van der Waals surface area (Å²) in [5.74, 6) is 1.40. The van der Waals surface area contributed by atoms with Crippen molar-refractivity contribution >= 4 is 11.6 Å². The number of nitro groups is 1. The Morgan fingerprint density at radius 1 is 1.26 bits per heavy atom. The van der Waals surface area contributed by atoms with Crippen molar-refractivity contribution in [1.82, 2.24) is 4.90 Å². The number of rotatable bonds is 7. The lowest BCUT2D eigenvalue weighted by atomic mass is 10.2. The maximum absolute atomic E-state index is 12.5. The van der Waals surface area contributed by atoms with Gasteiger partial charge in [0.05, 0.1) is 17.5 Å². The summed E-state index contributed by atoms with van der Waals surface area (Å²) in [6, 6.07) is 13.1. The molecule has 0 unspecified atom stereocenters. The van der Waals surface area contributed by atoms with Crippen LogP contribution >= 0.6 is 0 Å². The van der Waals surface area contributed by atoms with Crippen molar-refractivity contribution < 1.29 is 23.9 Å². The number of carbonyl (C=O) groups excluding carboxylic acids is 1. The number of hydrogen-bond acceptors (Lipinski definition) is 6. The Morgan fingerprint density at radius 3 is 2.78 bits per heavy atom. The van der Waals surface area contributed by atoms with Crippen molar-refractivity contribution in [3.05, 3.63) is 58.6 Å². The van der Waals surface area contributed by atoms with E-state index in [0.717, 1.165) is 0 Å². The fraction of sp³-hybridized carbons (Fsp3) is 0.316. The van der Waals surface area contributed by atoms with E-state index in [-0.39, 0.29) is 30.1 Å². The number of nitrogens with zero attached hydrogens (tertiary/aromatic N) is 2. The molecule has 0 aliphatic carbocycles. The molecule has 0 fully saturated rings. The average Bonchev–Trinajstić information content (AvgIpc) is 2.70. The normalized spacial score (nSPS) is 15.1. The van der Waals surface area contributed by atoms with Crippen molar-refractivity contribution in [2.45, 2.75) is 13.0 Å². The number of amides is 1. The SMILES string of the molecule is CCN(C[C@@H]1COc2ccccc2O1)C(=O)COc1cccc([N+](=O)[O-])c1. The summed E-state index contributed by atoms with van der Waals surface area (Å²) < 4.78 is 17.0. The van der Waals surface area contributed by atoms with Crippen molar-refractivity contribution in [2.75, 3.05) is 26.3 Å². The van der Waals surface area contributed by atoms with E-state index in [0.29, 0.717) is 31.2 Å². The summed E-state index contributed by atoms with van der Waals surface area (Å²) >= 11 is 0. The number of benzene rings is 2. The van der Waals surface area contributed by atoms with E-state index in [1.165, 1.54) is 18.2 Å². The van der Waals surface area contributed by atoms with Crippen LogP contribution in [-0.4, -0.2) is 48.1 Å². The fourth-order valence-electron chi connectivity index (χ4n) is 2.73. The molecule has 0 N–H and O–H groups in total. The number of non-ortho nitro benzene ring substituents is 1. The van der Waals surface area contributed by atoms with Gasteiger partial charge >= 0.3 is 0 Å². The second kappa shape index (κ2) is 8.39. The van der Waals surface area contributed by atoms with Gasteiger partial charge in [-0.25, -0.2) is 0 Å². The Balaban J connectivity index is 1.55. The van der Waals surface area contributed by atoms with Gasteiger partial charge in [-0.3, -0.25) is 14.9 Å². The van der Waals surface area contributed by atoms with Crippen molar-refractivity contribution in [3.63, 3.8) is 0 Å². The minimum Gasteiger partial charge on any atom is -0.486 e. The third-order valence-corrected chi connectivity index (χ3v) is 4.12. The molecule has 0 aromatic heterocycles. The first-order valence-electron chi connectivity index (χ1n) is 8.60. The zero-order valence-corrected chi connectivity index (χ0v) is 14.9. The number of likely N-dealkylation sites (N-methyl/N-ethyl adjacent to an activating group) is 1. The summed E-state index contributed by atoms with van der Waals surface area (Å²) in [4.78, 5) is 24.4. The van der Waals surface area contributed by atoms with E-state index in [9.17, 15) is 14.9 Å². The summed E-state index contributed by atoms with van der Waals surface area (Å²) in [5.41, 5.74) is -0.0845. The quantitative estimate of drug-likeness (QED) is 0.548. The van der Waals surface area contributed by atoms with Crippen LogP contribution in [0.5, 0.6) is 17.2 Å². The largest absolute Gasteiger partial charge is 0.486 e. The zero-order valence-electron chi connectivity index (χ0n) is 14.9. The second-order valence-electron chi connectivity index (χ2n) is 5.97. The van der Waals surface area contributed by atoms with Gasteiger partial charge in [0.25, 0.3) is 11.6 Å². The Morgan fingerprint density at radius 2 is 2.04 bits per heavy atom. The van der Waals surface area contributed by atoms with E-state index in [2.05, 4.69) is 0 Å².